The van der Waals surface area contributed by atoms with Crippen LogP contribution in [-0.4, -0.2) is 27.3 Å². The normalized spacial score (nSPS) is 7.20. The molecule has 0 saturated heterocycles. The highest BCUT2D eigenvalue weighted by molar-refractivity contribution is 7.80. The molecule has 0 atom stereocenters. The Bertz CT molecular complexity index is 168. The zero-order chi connectivity index (χ0) is 7.44. The van der Waals surface area contributed by atoms with Crippen LogP contribution in [0.1, 0.15) is 0 Å². The molecule has 5 nitrogen and oxygen atoms in total. The van der Waals surface area contributed by atoms with Crippen molar-refractivity contribution in [2.75, 3.05) is 0 Å². The van der Waals surface area contributed by atoms with Crippen LogP contribution in [0, 0.1) is 0 Å². The molecule has 0 aromatic carbocycles. The summed E-state index contributed by atoms with van der Waals surface area (Å²) in [5, 5.41) is 16.6. The van der Waals surface area contributed by atoms with Crippen LogP contribution in [0.5, 0.6) is 0 Å². The summed E-state index contributed by atoms with van der Waals surface area (Å²) in [6.07, 6.45) is 0. The maximum Gasteiger partial charge on any atom is 0.394 e. The minimum atomic E-state index is -1.69. The first kappa shape index (κ1) is 11.9. The number of aliphatic hydroxyl groups is 1. The van der Waals surface area contributed by atoms with Crippen molar-refractivity contribution in [3.63, 3.8) is 0 Å². The molecule has 3 N–H and O–H groups in total. The van der Waals surface area contributed by atoms with Crippen LogP contribution in [-0.2, 0) is 9.59 Å². The molecule has 0 saturated carbocycles. The number of aliphatic carboxylic acids is 1. The Balaban J connectivity index is 0. The van der Waals surface area contributed by atoms with E-state index in [2.05, 4.69) is 12.2 Å². The van der Waals surface area contributed by atoms with Gasteiger partial charge in [-0.05, 0) is 12.2 Å². The molecule has 0 radical (unpaired) electrons. The summed E-state index contributed by atoms with van der Waals surface area (Å²) in [6.45, 7) is 0. The van der Waals surface area contributed by atoms with E-state index in [1.54, 1.807) is 0 Å². The zero-order valence-corrected chi connectivity index (χ0v) is 6.44. The Morgan fingerprint density at radius 3 is 1.80 bits per heavy atom. The molecule has 0 unspecified atom stereocenters. The van der Waals surface area contributed by atoms with E-state index in [4.69, 9.17) is 10.2 Å². The molecule has 0 aliphatic rings. The highest BCUT2D eigenvalue weighted by Crippen LogP contribution is 1.66. The number of nitrogens with one attached hydrogen (secondary N) is 1. The summed E-state index contributed by atoms with van der Waals surface area (Å²) in [6, 6.07) is 0. The van der Waals surface area contributed by atoms with Crippen molar-refractivity contribution in [3.8, 4) is 0 Å². The molecular weight excluding hydrogens is 178 g/mol. The number of carboxylic acids is 1. The van der Waals surface area contributed by atoms with Crippen LogP contribution in [0.25, 0.3) is 0 Å². The predicted molar refractivity (Wildman–Crippen MR) is 41.4 cm³/mol. The summed E-state index contributed by atoms with van der Waals surface area (Å²) in [4.78, 5) is 19.6. The van der Waals surface area contributed by atoms with Crippen molar-refractivity contribution in [2.24, 2.45) is 0 Å². The van der Waals surface area contributed by atoms with Gasteiger partial charge in [0.25, 0.3) is 5.17 Å². The molecule has 1 amide bonds. The first-order chi connectivity index (χ1) is 4.04. The van der Waals surface area contributed by atoms with E-state index in [9.17, 15) is 9.59 Å². The van der Waals surface area contributed by atoms with Gasteiger partial charge in [-0.15, -0.1) is 0 Å². The van der Waals surface area contributed by atoms with Crippen molar-refractivity contribution in [1.82, 2.24) is 5.32 Å². The fourth-order valence-electron chi connectivity index (χ4n) is 0.151. The van der Waals surface area contributed by atoms with Crippen LogP contribution in [0.3, 0.4) is 0 Å². The van der Waals surface area contributed by atoms with E-state index in [0.29, 0.717) is 0 Å². The number of hydrogen-bond acceptors (Lipinski definition) is 3. The summed E-state index contributed by atoms with van der Waals surface area (Å²) in [5.41, 5.74) is 0. The average molecular weight is 183 g/mol. The quantitative estimate of drug-likeness (QED) is 0.336. The van der Waals surface area contributed by atoms with Crippen molar-refractivity contribution in [3.05, 3.63) is 0 Å². The smallest absolute Gasteiger partial charge is 0.394 e. The number of thiocarbonyl (C=S) groups is 1. The highest BCUT2D eigenvalue weighted by Gasteiger charge is 2.10. The average Bonchev–Trinajstić information content (AvgIpc) is 1.63. The van der Waals surface area contributed by atoms with Gasteiger partial charge in [-0.2, -0.15) is 13.5 Å². The molecule has 0 aliphatic heterocycles. The SMILES string of the molecule is O=C(O)C(=O)NC(O)=S.S. The Morgan fingerprint density at radius 1 is 1.30 bits per heavy atom. The minimum Gasteiger partial charge on any atom is -0.486 e. The lowest BCUT2D eigenvalue weighted by molar-refractivity contribution is -0.149. The summed E-state index contributed by atoms with van der Waals surface area (Å²) < 4.78 is 0. The molecular formula is C3H5NO4S2. The molecule has 58 valence electrons. The lowest BCUT2D eigenvalue weighted by Crippen LogP contribution is -2.34. The maximum absolute atomic E-state index is 10.00. The lowest BCUT2D eigenvalue weighted by Gasteiger charge is -1.92. The number of carbonyl (C=O) groups is 2. The summed E-state index contributed by atoms with van der Waals surface area (Å²) in [5.74, 6) is -3.03. The number of carbonyl (C=O) groups excluding carboxylic acids is 1. The van der Waals surface area contributed by atoms with Gasteiger partial charge in [0, 0.05) is 0 Å². The minimum absolute atomic E-state index is 0. The molecule has 10 heavy (non-hydrogen) atoms. The van der Waals surface area contributed by atoms with Gasteiger partial charge in [0.05, 0.1) is 0 Å². The van der Waals surface area contributed by atoms with Gasteiger partial charge in [0.2, 0.25) is 0 Å². The molecule has 0 bridgehead atoms. The van der Waals surface area contributed by atoms with Crippen LogP contribution in [0.2, 0.25) is 0 Å². The van der Waals surface area contributed by atoms with Crippen LogP contribution >= 0.6 is 25.7 Å². The molecule has 7 heteroatoms. The molecule has 0 spiro atoms. The zero-order valence-electron chi connectivity index (χ0n) is 4.62. The van der Waals surface area contributed by atoms with E-state index in [1.807, 2.05) is 0 Å². The van der Waals surface area contributed by atoms with Gasteiger partial charge < -0.3 is 10.2 Å². The number of rotatable bonds is 0. The summed E-state index contributed by atoms with van der Waals surface area (Å²) >= 11 is 3.95. The lowest BCUT2D eigenvalue weighted by atomic mass is 10.6. The first-order valence-corrected chi connectivity index (χ1v) is 2.22. The standard InChI is InChI=1S/C3H3NO4S.H2S/c5-1(2(6)7)4-3(8)9;/h(H,6,7)(H2,4,5,8,9);1H2. The topological polar surface area (TPSA) is 86.6 Å². The number of amides is 1. The van der Waals surface area contributed by atoms with Gasteiger partial charge in [0.1, 0.15) is 0 Å². The van der Waals surface area contributed by atoms with Crippen LogP contribution in [0.4, 0.5) is 0 Å². The van der Waals surface area contributed by atoms with E-state index >= 15 is 0 Å². The number of carboxylic acid groups (broad SMARTS) is 1. The highest BCUT2D eigenvalue weighted by atomic mass is 32.1. The Morgan fingerprint density at radius 2 is 1.70 bits per heavy atom. The number of hydrogen-bond donors (Lipinski definition) is 3. The third kappa shape index (κ3) is 5.32. The second-order valence-electron chi connectivity index (χ2n) is 1.06. The van der Waals surface area contributed by atoms with Crippen molar-refractivity contribution < 1.29 is 19.8 Å². The fourth-order valence-corrected chi connectivity index (χ4v) is 0.243. The van der Waals surface area contributed by atoms with Gasteiger partial charge >= 0.3 is 11.9 Å². The van der Waals surface area contributed by atoms with E-state index in [1.165, 1.54) is 5.32 Å². The van der Waals surface area contributed by atoms with Gasteiger partial charge in [-0.25, -0.2) is 4.79 Å². The third-order valence-electron chi connectivity index (χ3n) is 0.415. The maximum atomic E-state index is 10.00. The van der Waals surface area contributed by atoms with E-state index in [0.717, 1.165) is 0 Å². The first-order valence-electron chi connectivity index (χ1n) is 1.81. The van der Waals surface area contributed by atoms with Gasteiger partial charge in [0.15, 0.2) is 0 Å². The molecule has 0 rings (SSSR count). The fraction of sp³-hybridized carbons (Fsp3) is 0. The molecule has 0 fully saturated rings. The monoisotopic (exact) mass is 183 g/mol. The molecule has 0 aromatic rings. The second kappa shape index (κ2) is 5.00. The second-order valence-corrected chi connectivity index (χ2v) is 1.45. The van der Waals surface area contributed by atoms with E-state index < -0.39 is 17.1 Å². The Kier molecular flexibility index (Phi) is 5.96. The van der Waals surface area contributed by atoms with Crippen molar-refractivity contribution >= 4 is 42.8 Å². The molecule has 0 aromatic heterocycles. The largest absolute Gasteiger partial charge is 0.486 e. The molecule has 0 aliphatic carbocycles. The van der Waals surface area contributed by atoms with Crippen molar-refractivity contribution in [2.45, 2.75) is 0 Å². The molecule has 0 heterocycles. The van der Waals surface area contributed by atoms with Gasteiger partial charge in [-0.1, -0.05) is 0 Å². The van der Waals surface area contributed by atoms with Crippen LogP contribution < -0.4 is 5.32 Å². The van der Waals surface area contributed by atoms with E-state index in [-0.39, 0.29) is 13.5 Å². The number of aliphatic hydroxyl groups excluding tert-OH is 1. The summed E-state index contributed by atoms with van der Waals surface area (Å²) in [7, 11) is 0. The third-order valence-corrected chi connectivity index (χ3v) is 0.517. The van der Waals surface area contributed by atoms with Crippen molar-refractivity contribution in [1.29, 1.82) is 0 Å². The van der Waals surface area contributed by atoms with Gasteiger partial charge in [-0.3, -0.25) is 10.1 Å². The van der Waals surface area contributed by atoms with Crippen LogP contribution in [0.15, 0.2) is 0 Å². The Hall–Kier alpha value is -0.820. The Labute approximate surface area is 68.5 Å². The predicted octanol–water partition coefficient (Wildman–Crippen LogP) is -0.857.